The summed E-state index contributed by atoms with van der Waals surface area (Å²) in [5.41, 5.74) is 0. The van der Waals surface area contributed by atoms with E-state index in [0.717, 1.165) is 25.0 Å². The quantitative estimate of drug-likeness (QED) is 0.635. The molecule has 2 N–H and O–H groups in total. The van der Waals surface area contributed by atoms with Crippen molar-refractivity contribution < 1.29 is 4.74 Å². The van der Waals surface area contributed by atoms with Gasteiger partial charge in [-0.05, 0) is 51.2 Å². The Balaban J connectivity index is 1.49. The van der Waals surface area contributed by atoms with Crippen LogP contribution in [0, 0.1) is 11.8 Å². The van der Waals surface area contributed by atoms with Crippen LogP contribution in [-0.2, 0) is 4.74 Å². The van der Waals surface area contributed by atoms with Crippen molar-refractivity contribution >= 4 is 0 Å². The lowest BCUT2D eigenvalue weighted by molar-refractivity contribution is 0.105. The van der Waals surface area contributed by atoms with Gasteiger partial charge in [-0.1, -0.05) is 0 Å². The molecule has 2 rings (SSSR count). The molecule has 2 aliphatic rings. The van der Waals surface area contributed by atoms with Crippen molar-refractivity contribution in [2.24, 2.45) is 11.8 Å². The number of ether oxygens (including phenoxy) is 1. The molecule has 0 aromatic rings. The molecule has 0 aliphatic carbocycles. The second-order valence-electron chi connectivity index (χ2n) is 4.64. The van der Waals surface area contributed by atoms with Crippen LogP contribution in [0.25, 0.3) is 0 Å². The topological polar surface area (TPSA) is 33.3 Å². The number of rotatable bonds is 5. The zero-order valence-corrected chi connectivity index (χ0v) is 9.09. The molecule has 2 heterocycles. The zero-order valence-electron chi connectivity index (χ0n) is 9.09. The van der Waals surface area contributed by atoms with Crippen molar-refractivity contribution in [3.63, 3.8) is 0 Å². The third-order valence-electron chi connectivity index (χ3n) is 3.54. The van der Waals surface area contributed by atoms with Gasteiger partial charge in [-0.15, -0.1) is 0 Å². The molecule has 14 heavy (non-hydrogen) atoms. The Morgan fingerprint density at radius 1 is 1.43 bits per heavy atom. The summed E-state index contributed by atoms with van der Waals surface area (Å²) in [6, 6.07) is 0. The van der Waals surface area contributed by atoms with Crippen molar-refractivity contribution in [1.82, 2.24) is 10.6 Å². The van der Waals surface area contributed by atoms with E-state index < -0.39 is 0 Å². The molecule has 0 aromatic heterocycles. The first-order chi connectivity index (χ1) is 6.86. The highest BCUT2D eigenvalue weighted by Crippen LogP contribution is 2.19. The molecule has 0 aromatic carbocycles. The summed E-state index contributed by atoms with van der Waals surface area (Å²) < 4.78 is 5.53. The van der Waals surface area contributed by atoms with Crippen molar-refractivity contribution in [1.29, 1.82) is 0 Å². The highest BCUT2D eigenvalue weighted by molar-refractivity contribution is 4.77. The largest absolute Gasteiger partial charge is 0.378 e. The van der Waals surface area contributed by atoms with E-state index in [1.807, 2.05) is 0 Å². The van der Waals surface area contributed by atoms with Gasteiger partial charge >= 0.3 is 0 Å². The van der Waals surface area contributed by atoms with E-state index in [0.29, 0.717) is 6.10 Å². The van der Waals surface area contributed by atoms with Crippen molar-refractivity contribution in [2.45, 2.75) is 25.9 Å². The molecule has 0 saturated carbocycles. The Kier molecular flexibility index (Phi) is 3.79. The van der Waals surface area contributed by atoms with Crippen LogP contribution < -0.4 is 10.6 Å². The monoisotopic (exact) mass is 198 g/mol. The van der Waals surface area contributed by atoms with Crippen LogP contribution in [0.3, 0.4) is 0 Å². The standard InChI is InChI=1S/C11H22N2O/c1-9-11(3-5-14-9)8-12-4-2-10-6-13-7-10/h9-13H,2-8H2,1H3. The second kappa shape index (κ2) is 5.10. The molecule has 2 unspecified atom stereocenters. The van der Waals surface area contributed by atoms with Gasteiger partial charge < -0.3 is 15.4 Å². The van der Waals surface area contributed by atoms with Gasteiger partial charge in [-0.25, -0.2) is 0 Å². The lowest BCUT2D eigenvalue weighted by Gasteiger charge is -2.27. The van der Waals surface area contributed by atoms with Gasteiger partial charge in [-0.2, -0.15) is 0 Å². The molecule has 3 heteroatoms. The average molecular weight is 198 g/mol. The Morgan fingerprint density at radius 2 is 2.29 bits per heavy atom. The van der Waals surface area contributed by atoms with Crippen LogP contribution in [0.1, 0.15) is 19.8 Å². The third kappa shape index (κ3) is 2.69. The molecule has 0 spiro atoms. The van der Waals surface area contributed by atoms with Crippen molar-refractivity contribution in [3.05, 3.63) is 0 Å². The lowest BCUT2D eigenvalue weighted by atomic mass is 9.99. The first kappa shape index (κ1) is 10.4. The average Bonchev–Trinajstić information content (AvgIpc) is 2.48. The van der Waals surface area contributed by atoms with Crippen LogP contribution >= 0.6 is 0 Å². The van der Waals surface area contributed by atoms with E-state index in [9.17, 15) is 0 Å². The van der Waals surface area contributed by atoms with Gasteiger partial charge in [0.1, 0.15) is 0 Å². The van der Waals surface area contributed by atoms with E-state index >= 15 is 0 Å². The van der Waals surface area contributed by atoms with Crippen LogP contribution in [0.2, 0.25) is 0 Å². The predicted octanol–water partition coefficient (Wildman–Crippen LogP) is 0.610. The minimum atomic E-state index is 0.466. The van der Waals surface area contributed by atoms with E-state index in [-0.39, 0.29) is 0 Å². The lowest BCUT2D eigenvalue weighted by Crippen LogP contribution is -2.43. The number of hydrogen-bond donors (Lipinski definition) is 2. The fourth-order valence-electron chi connectivity index (χ4n) is 2.19. The summed E-state index contributed by atoms with van der Waals surface area (Å²) >= 11 is 0. The molecular formula is C11H22N2O. The summed E-state index contributed by atoms with van der Waals surface area (Å²) in [5.74, 6) is 1.68. The fraction of sp³-hybridized carbons (Fsp3) is 1.00. The summed E-state index contributed by atoms with van der Waals surface area (Å²) in [6.07, 6.45) is 3.03. The number of nitrogens with one attached hydrogen (secondary N) is 2. The zero-order chi connectivity index (χ0) is 9.80. The van der Waals surface area contributed by atoms with E-state index in [4.69, 9.17) is 4.74 Å². The molecule has 3 nitrogen and oxygen atoms in total. The summed E-state index contributed by atoms with van der Waals surface area (Å²) in [6.45, 7) is 7.92. The minimum absolute atomic E-state index is 0.466. The maximum absolute atomic E-state index is 5.53. The van der Waals surface area contributed by atoms with Crippen LogP contribution in [0.15, 0.2) is 0 Å². The van der Waals surface area contributed by atoms with Gasteiger partial charge in [0.25, 0.3) is 0 Å². The Labute approximate surface area is 86.6 Å². The summed E-state index contributed by atoms with van der Waals surface area (Å²) in [4.78, 5) is 0. The van der Waals surface area contributed by atoms with Gasteiger partial charge in [0, 0.05) is 13.2 Å². The number of hydrogen-bond acceptors (Lipinski definition) is 3. The molecule has 2 fully saturated rings. The molecule has 0 amide bonds. The van der Waals surface area contributed by atoms with Gasteiger partial charge in [0.05, 0.1) is 6.10 Å². The maximum atomic E-state index is 5.53. The van der Waals surface area contributed by atoms with Crippen LogP contribution in [-0.4, -0.2) is 38.9 Å². The van der Waals surface area contributed by atoms with Gasteiger partial charge in [-0.3, -0.25) is 0 Å². The molecule has 2 atom stereocenters. The molecule has 0 bridgehead atoms. The van der Waals surface area contributed by atoms with Gasteiger partial charge in [0.15, 0.2) is 0 Å². The molecule has 82 valence electrons. The van der Waals surface area contributed by atoms with Crippen LogP contribution in [0.5, 0.6) is 0 Å². The summed E-state index contributed by atoms with van der Waals surface area (Å²) in [7, 11) is 0. The van der Waals surface area contributed by atoms with Crippen LogP contribution in [0.4, 0.5) is 0 Å². The Bertz CT molecular complexity index is 171. The SMILES string of the molecule is CC1OCCC1CNCCC1CNC1. The van der Waals surface area contributed by atoms with E-state index in [1.165, 1.54) is 32.5 Å². The van der Waals surface area contributed by atoms with Crippen molar-refractivity contribution in [2.75, 3.05) is 32.8 Å². The highest BCUT2D eigenvalue weighted by Gasteiger charge is 2.23. The van der Waals surface area contributed by atoms with Crippen molar-refractivity contribution in [3.8, 4) is 0 Å². The molecule has 2 saturated heterocycles. The fourth-order valence-corrected chi connectivity index (χ4v) is 2.19. The normalized spacial score (nSPS) is 33.2. The highest BCUT2D eigenvalue weighted by atomic mass is 16.5. The predicted molar refractivity (Wildman–Crippen MR) is 57.4 cm³/mol. The minimum Gasteiger partial charge on any atom is -0.378 e. The molecular weight excluding hydrogens is 176 g/mol. The Morgan fingerprint density at radius 3 is 2.86 bits per heavy atom. The first-order valence-corrected chi connectivity index (χ1v) is 5.89. The molecule has 2 aliphatic heterocycles. The first-order valence-electron chi connectivity index (χ1n) is 5.89. The molecule has 0 radical (unpaired) electrons. The summed E-state index contributed by atoms with van der Waals surface area (Å²) in [5, 5.41) is 6.85. The third-order valence-corrected chi connectivity index (χ3v) is 3.54. The smallest absolute Gasteiger partial charge is 0.0588 e. The maximum Gasteiger partial charge on any atom is 0.0588 e. The second-order valence-corrected chi connectivity index (χ2v) is 4.64. The van der Waals surface area contributed by atoms with E-state index in [2.05, 4.69) is 17.6 Å². The van der Waals surface area contributed by atoms with Gasteiger partial charge in [0.2, 0.25) is 0 Å². The van der Waals surface area contributed by atoms with E-state index in [1.54, 1.807) is 0 Å². The Hall–Kier alpha value is -0.120.